The molecule has 1 aromatic heterocycles. The zero-order chi connectivity index (χ0) is 21.2. The maximum Gasteiger partial charge on any atom is 0.433 e. The summed E-state index contributed by atoms with van der Waals surface area (Å²) in [6, 6.07) is 0. The van der Waals surface area contributed by atoms with Crippen LogP contribution in [0.3, 0.4) is 0 Å². The number of carbonyl (C=O) groups excluding carboxylic acids is 1. The Hall–Kier alpha value is -0.920. The first-order chi connectivity index (χ1) is 12.6. The molecule has 0 spiro atoms. The van der Waals surface area contributed by atoms with Gasteiger partial charge in [-0.2, -0.15) is 13.2 Å². The molecule has 27 heavy (non-hydrogen) atoms. The van der Waals surface area contributed by atoms with Crippen LogP contribution >= 0.6 is 34.8 Å². The lowest BCUT2D eigenvalue weighted by Crippen LogP contribution is -2.20. The second kappa shape index (κ2) is 12.5. The highest BCUT2D eigenvalue weighted by Gasteiger charge is 2.38. The smallest absolute Gasteiger partial charge is 0.433 e. The van der Waals surface area contributed by atoms with E-state index in [1.165, 1.54) is 6.92 Å². The first-order valence-corrected chi connectivity index (χ1v) is 9.97. The van der Waals surface area contributed by atoms with Crippen molar-refractivity contribution in [3.8, 4) is 0 Å². The summed E-state index contributed by atoms with van der Waals surface area (Å²) < 4.78 is 44.1. The molecule has 1 N–H and O–H groups in total. The van der Waals surface area contributed by atoms with Crippen molar-refractivity contribution < 1.29 is 22.7 Å². The fraction of sp³-hybridized carbons (Fsp3) is 0.647. The van der Waals surface area contributed by atoms with E-state index in [0.717, 1.165) is 0 Å². The fourth-order valence-corrected chi connectivity index (χ4v) is 2.71. The predicted octanol–water partition coefficient (Wildman–Crippen LogP) is 6.38. The third-order valence-electron chi connectivity index (χ3n) is 3.53. The molecule has 2 rings (SSSR count). The number of nitrogens with one attached hydrogen (secondary N) is 1. The van der Waals surface area contributed by atoms with Crippen LogP contribution in [0.25, 0.3) is 0 Å². The number of halogens is 6. The van der Waals surface area contributed by atoms with E-state index in [1.54, 1.807) is 0 Å². The van der Waals surface area contributed by atoms with Gasteiger partial charge >= 0.3 is 12.3 Å². The summed E-state index contributed by atoms with van der Waals surface area (Å²) in [5.74, 6) is 0.302. The monoisotopic (exact) mass is 450 g/mol. The number of fused-ring (bicyclic) bond motifs is 1. The number of anilines is 1. The van der Waals surface area contributed by atoms with E-state index < -0.39 is 18.0 Å². The van der Waals surface area contributed by atoms with Gasteiger partial charge in [-0.1, -0.05) is 20.8 Å². The van der Waals surface area contributed by atoms with Crippen molar-refractivity contribution in [3.63, 3.8) is 0 Å². The van der Waals surface area contributed by atoms with Crippen LogP contribution in [-0.2, 0) is 23.8 Å². The molecule has 1 aliphatic rings. The fourth-order valence-electron chi connectivity index (χ4n) is 2.63. The van der Waals surface area contributed by atoms with Crippen LogP contribution in [-0.4, -0.2) is 28.9 Å². The van der Waals surface area contributed by atoms with Crippen molar-refractivity contribution in [3.05, 3.63) is 22.5 Å². The molecule has 10 heteroatoms. The predicted molar refractivity (Wildman–Crippen MR) is 104 cm³/mol. The van der Waals surface area contributed by atoms with E-state index in [-0.39, 0.29) is 35.0 Å². The van der Waals surface area contributed by atoms with Crippen molar-refractivity contribution in [1.29, 1.82) is 0 Å². The van der Waals surface area contributed by atoms with Gasteiger partial charge in [-0.25, -0.2) is 9.78 Å². The van der Waals surface area contributed by atoms with Crippen LogP contribution in [0.15, 0.2) is 0 Å². The Bertz CT molecular complexity index is 614. The van der Waals surface area contributed by atoms with Crippen LogP contribution in [0.4, 0.5) is 23.7 Å². The Labute approximate surface area is 172 Å². The molecule has 0 fully saturated rings. The van der Waals surface area contributed by atoms with Crippen LogP contribution in [0.5, 0.6) is 0 Å². The van der Waals surface area contributed by atoms with E-state index in [1.807, 2.05) is 20.8 Å². The zero-order valence-electron chi connectivity index (χ0n) is 15.6. The van der Waals surface area contributed by atoms with Gasteiger partial charge in [-0.05, 0) is 31.2 Å². The SMILES string of the molecule is CC.Cc1c(C(F)(F)F)nc2c(c1NC(=O)OCCCl)CC(C)C2.ClCCl. The van der Waals surface area contributed by atoms with Crippen molar-refractivity contribution in [2.75, 3.05) is 23.1 Å². The number of aromatic nitrogens is 1. The molecular weight excluding hydrogens is 428 g/mol. The summed E-state index contributed by atoms with van der Waals surface area (Å²) in [6.45, 7) is 7.22. The molecular formula is C17H24Cl3F3N2O2. The second-order valence-corrected chi connectivity index (χ2v) is 6.63. The molecule has 1 amide bonds. The largest absolute Gasteiger partial charge is 0.448 e. The van der Waals surface area contributed by atoms with E-state index in [0.29, 0.717) is 24.1 Å². The van der Waals surface area contributed by atoms with Crippen LogP contribution in [0.1, 0.15) is 43.3 Å². The summed E-state index contributed by atoms with van der Waals surface area (Å²) in [7, 11) is 0. The Morgan fingerprint density at radius 2 is 1.81 bits per heavy atom. The number of alkyl halides is 6. The van der Waals surface area contributed by atoms with E-state index in [9.17, 15) is 18.0 Å². The minimum Gasteiger partial charge on any atom is -0.448 e. The summed E-state index contributed by atoms with van der Waals surface area (Å²) >= 11 is 14.9. The molecule has 0 radical (unpaired) electrons. The van der Waals surface area contributed by atoms with Gasteiger partial charge in [0.05, 0.1) is 16.9 Å². The Morgan fingerprint density at radius 1 is 1.26 bits per heavy atom. The lowest BCUT2D eigenvalue weighted by Gasteiger charge is -2.18. The Kier molecular flexibility index (Phi) is 12.1. The van der Waals surface area contributed by atoms with Crippen molar-refractivity contribution >= 4 is 46.6 Å². The van der Waals surface area contributed by atoms with Gasteiger partial charge in [-0.15, -0.1) is 34.8 Å². The number of carbonyl (C=O) groups is 1. The summed E-state index contributed by atoms with van der Waals surface area (Å²) in [5.41, 5.74) is 0.135. The average molecular weight is 452 g/mol. The second-order valence-electron chi connectivity index (χ2n) is 5.45. The minimum absolute atomic E-state index is 0.0117. The van der Waals surface area contributed by atoms with Gasteiger partial charge in [-0.3, -0.25) is 5.32 Å². The molecule has 1 atom stereocenters. The number of nitrogens with zero attached hydrogens (tertiary/aromatic N) is 1. The number of ether oxygens (including phenoxy) is 1. The van der Waals surface area contributed by atoms with Crippen LogP contribution < -0.4 is 5.32 Å². The number of hydrogen-bond donors (Lipinski definition) is 1. The first-order valence-electron chi connectivity index (χ1n) is 8.36. The standard InChI is InChI=1S/C14H16ClF3N2O2.C2H6.CH2Cl2/c1-7-5-9-10(6-7)19-12(14(16,17)18)8(2)11(9)20-13(21)22-4-3-15;1-2;2-1-3/h7H,3-6H2,1-2H3,(H,19,20,21);1-2H3;1H2. The van der Waals surface area contributed by atoms with E-state index in [2.05, 4.69) is 10.3 Å². The molecule has 156 valence electrons. The molecule has 1 unspecified atom stereocenters. The normalized spacial score (nSPS) is 15.0. The average Bonchev–Trinajstić information content (AvgIpc) is 2.97. The van der Waals surface area contributed by atoms with Gasteiger partial charge in [0.25, 0.3) is 0 Å². The highest BCUT2D eigenvalue weighted by Crippen LogP contribution is 2.40. The zero-order valence-corrected chi connectivity index (χ0v) is 17.9. The van der Waals surface area contributed by atoms with Gasteiger partial charge in [0.15, 0.2) is 0 Å². The highest BCUT2D eigenvalue weighted by molar-refractivity contribution is 6.40. The Balaban J connectivity index is 0.00000123. The van der Waals surface area contributed by atoms with Gasteiger partial charge in [0.2, 0.25) is 0 Å². The number of hydrogen-bond acceptors (Lipinski definition) is 3. The first kappa shape index (κ1) is 26.1. The summed E-state index contributed by atoms with van der Waals surface area (Å²) in [4.78, 5) is 15.4. The molecule has 0 saturated heterocycles. The molecule has 0 saturated carbocycles. The number of pyridine rings is 1. The minimum atomic E-state index is -4.57. The number of amides is 1. The highest BCUT2D eigenvalue weighted by atomic mass is 35.5. The molecule has 0 bridgehead atoms. The van der Waals surface area contributed by atoms with Gasteiger partial charge in [0, 0.05) is 11.3 Å². The maximum atomic E-state index is 13.1. The third kappa shape index (κ3) is 7.92. The van der Waals surface area contributed by atoms with Crippen LogP contribution in [0.2, 0.25) is 0 Å². The maximum absolute atomic E-state index is 13.1. The van der Waals surface area contributed by atoms with Gasteiger partial charge < -0.3 is 4.74 Å². The lowest BCUT2D eigenvalue weighted by molar-refractivity contribution is -0.141. The topological polar surface area (TPSA) is 51.2 Å². The molecule has 1 aromatic rings. The third-order valence-corrected chi connectivity index (χ3v) is 3.68. The van der Waals surface area contributed by atoms with Crippen molar-refractivity contribution in [2.24, 2.45) is 5.92 Å². The summed E-state index contributed by atoms with van der Waals surface area (Å²) in [5, 5.41) is 2.61. The van der Waals surface area contributed by atoms with E-state index in [4.69, 9.17) is 39.5 Å². The van der Waals surface area contributed by atoms with Crippen molar-refractivity contribution in [2.45, 2.75) is 46.7 Å². The Morgan fingerprint density at radius 3 is 2.30 bits per heavy atom. The van der Waals surface area contributed by atoms with Gasteiger partial charge in [0.1, 0.15) is 12.3 Å². The molecule has 0 aromatic carbocycles. The molecule has 1 aliphatic carbocycles. The van der Waals surface area contributed by atoms with Crippen LogP contribution in [0, 0.1) is 12.8 Å². The summed E-state index contributed by atoms with van der Waals surface area (Å²) in [6.07, 6.45) is -4.34. The lowest BCUT2D eigenvalue weighted by atomic mass is 10.0. The van der Waals surface area contributed by atoms with E-state index >= 15 is 0 Å². The molecule has 0 aliphatic heterocycles. The number of rotatable bonds is 3. The molecule has 1 heterocycles. The molecule has 4 nitrogen and oxygen atoms in total. The van der Waals surface area contributed by atoms with Crippen molar-refractivity contribution in [1.82, 2.24) is 4.98 Å². The quantitative estimate of drug-likeness (QED) is 0.543.